The van der Waals surface area contributed by atoms with Gasteiger partial charge in [-0.2, -0.15) is 0 Å². The van der Waals surface area contributed by atoms with Gasteiger partial charge >= 0.3 is 0 Å². The molecule has 0 aliphatic heterocycles. The van der Waals surface area contributed by atoms with E-state index in [9.17, 15) is 9.59 Å². The van der Waals surface area contributed by atoms with Gasteiger partial charge in [-0.05, 0) is 35.0 Å². The Morgan fingerprint density at radius 2 is 2.17 bits per heavy atom. The fourth-order valence-electron chi connectivity index (χ4n) is 0.777. The summed E-state index contributed by atoms with van der Waals surface area (Å²) in [6.07, 6.45) is -0.0973. The molecule has 0 spiro atoms. The molecule has 3 nitrogen and oxygen atoms in total. The second-order valence-electron chi connectivity index (χ2n) is 2.41. The molecule has 0 aromatic carbocycles. The Balaban J connectivity index is 2.72. The molecule has 0 fully saturated rings. The predicted octanol–water partition coefficient (Wildman–Crippen LogP) is 2.20. The molecule has 1 aromatic heterocycles. The molecule has 1 aromatic rings. The molecular formula is C8H7BrO3. The Kier molecular flexibility index (Phi) is 2.81. The van der Waals surface area contributed by atoms with Crippen LogP contribution in [-0.2, 0) is 4.79 Å². The van der Waals surface area contributed by atoms with E-state index in [-0.39, 0.29) is 23.7 Å². The van der Waals surface area contributed by atoms with Crippen molar-refractivity contribution in [1.82, 2.24) is 0 Å². The number of hydrogen-bond donors (Lipinski definition) is 0. The summed E-state index contributed by atoms with van der Waals surface area (Å²) < 4.78 is 5.46. The van der Waals surface area contributed by atoms with Crippen LogP contribution in [0.4, 0.5) is 0 Å². The molecule has 0 saturated heterocycles. The van der Waals surface area contributed by atoms with Crippen LogP contribution >= 0.6 is 15.9 Å². The van der Waals surface area contributed by atoms with Gasteiger partial charge in [-0.25, -0.2) is 0 Å². The first kappa shape index (κ1) is 9.19. The van der Waals surface area contributed by atoms with Gasteiger partial charge in [0.15, 0.2) is 10.4 Å². The van der Waals surface area contributed by atoms with Gasteiger partial charge in [0.1, 0.15) is 5.78 Å². The van der Waals surface area contributed by atoms with Gasteiger partial charge in [-0.3, -0.25) is 9.59 Å². The SMILES string of the molecule is CC(=O)CC(=O)c1ccc(Br)o1. The maximum Gasteiger partial charge on any atom is 0.205 e. The molecule has 0 aliphatic rings. The number of carbonyl (C=O) groups is 2. The van der Waals surface area contributed by atoms with E-state index >= 15 is 0 Å². The lowest BCUT2D eigenvalue weighted by Gasteiger charge is -1.90. The zero-order valence-electron chi connectivity index (χ0n) is 6.46. The van der Waals surface area contributed by atoms with Gasteiger partial charge in [0.25, 0.3) is 0 Å². The van der Waals surface area contributed by atoms with Crippen molar-refractivity contribution in [3.05, 3.63) is 22.6 Å². The number of Topliss-reactive ketones (excluding diaryl/α,β-unsaturated/α-hetero) is 2. The lowest BCUT2D eigenvalue weighted by atomic mass is 10.2. The first-order valence-electron chi connectivity index (χ1n) is 3.37. The largest absolute Gasteiger partial charge is 0.446 e. The van der Waals surface area contributed by atoms with Crippen molar-refractivity contribution in [2.75, 3.05) is 0 Å². The van der Waals surface area contributed by atoms with Crippen LogP contribution in [0.1, 0.15) is 23.9 Å². The van der Waals surface area contributed by atoms with Gasteiger partial charge in [-0.1, -0.05) is 0 Å². The van der Waals surface area contributed by atoms with Crippen molar-refractivity contribution in [2.24, 2.45) is 0 Å². The van der Waals surface area contributed by atoms with E-state index in [4.69, 9.17) is 4.42 Å². The van der Waals surface area contributed by atoms with Crippen molar-refractivity contribution < 1.29 is 14.0 Å². The van der Waals surface area contributed by atoms with Crippen LogP contribution in [0.3, 0.4) is 0 Å². The Morgan fingerprint density at radius 3 is 2.58 bits per heavy atom. The lowest BCUT2D eigenvalue weighted by Crippen LogP contribution is -2.03. The number of furan rings is 1. The van der Waals surface area contributed by atoms with E-state index in [1.165, 1.54) is 13.0 Å². The highest BCUT2D eigenvalue weighted by atomic mass is 79.9. The van der Waals surface area contributed by atoms with Gasteiger partial charge in [0.05, 0.1) is 6.42 Å². The summed E-state index contributed by atoms with van der Waals surface area (Å²) in [6.45, 7) is 1.37. The Hall–Kier alpha value is -0.900. The van der Waals surface area contributed by atoms with E-state index in [0.29, 0.717) is 4.67 Å². The first-order valence-corrected chi connectivity index (χ1v) is 4.17. The fourth-order valence-corrected chi connectivity index (χ4v) is 1.08. The van der Waals surface area contributed by atoms with Crippen LogP contribution in [0.5, 0.6) is 0 Å². The van der Waals surface area contributed by atoms with Gasteiger partial charge < -0.3 is 4.42 Å². The highest BCUT2D eigenvalue weighted by Crippen LogP contribution is 2.15. The molecule has 1 heterocycles. The average molecular weight is 231 g/mol. The van der Waals surface area contributed by atoms with Gasteiger partial charge in [-0.15, -0.1) is 0 Å². The van der Waals surface area contributed by atoms with E-state index in [0.717, 1.165) is 0 Å². The third-order valence-electron chi connectivity index (χ3n) is 1.26. The minimum absolute atomic E-state index is 0.0973. The number of carbonyl (C=O) groups excluding carboxylic acids is 2. The third-order valence-corrected chi connectivity index (χ3v) is 1.68. The van der Waals surface area contributed by atoms with Crippen molar-refractivity contribution in [3.8, 4) is 0 Å². The summed E-state index contributed by atoms with van der Waals surface area (Å²) in [7, 11) is 0. The van der Waals surface area contributed by atoms with Gasteiger partial charge in [0, 0.05) is 0 Å². The molecule has 0 amide bonds. The smallest absolute Gasteiger partial charge is 0.205 e. The number of halogens is 1. The Bertz CT molecular complexity index is 314. The van der Waals surface area contributed by atoms with Crippen molar-refractivity contribution in [2.45, 2.75) is 13.3 Å². The number of hydrogen-bond acceptors (Lipinski definition) is 3. The molecular weight excluding hydrogens is 224 g/mol. The van der Waals surface area contributed by atoms with Crippen LogP contribution in [0.25, 0.3) is 0 Å². The monoisotopic (exact) mass is 230 g/mol. The molecule has 0 unspecified atom stereocenters. The minimum atomic E-state index is -0.284. The van der Waals surface area contributed by atoms with E-state index in [1.54, 1.807) is 6.07 Å². The summed E-state index contributed by atoms with van der Waals surface area (Å²) in [5, 5.41) is 0. The molecule has 1 rings (SSSR count). The van der Waals surface area contributed by atoms with Crippen molar-refractivity contribution in [3.63, 3.8) is 0 Å². The zero-order chi connectivity index (χ0) is 9.14. The molecule has 12 heavy (non-hydrogen) atoms. The molecule has 0 N–H and O–H groups in total. The summed E-state index contributed by atoms with van der Waals surface area (Å²) >= 11 is 3.06. The second kappa shape index (κ2) is 3.67. The van der Waals surface area contributed by atoms with E-state index in [2.05, 4.69) is 15.9 Å². The highest BCUT2D eigenvalue weighted by Gasteiger charge is 2.11. The standard InChI is InChI=1S/C8H7BrO3/c1-5(10)4-6(11)7-2-3-8(9)12-7/h2-3H,4H2,1H3. The number of ketones is 2. The topological polar surface area (TPSA) is 47.3 Å². The van der Waals surface area contributed by atoms with Crippen LogP contribution < -0.4 is 0 Å². The maximum atomic E-state index is 11.1. The predicted molar refractivity (Wildman–Crippen MR) is 46.0 cm³/mol. The quantitative estimate of drug-likeness (QED) is 0.591. The van der Waals surface area contributed by atoms with E-state index in [1.807, 2.05) is 0 Å². The van der Waals surface area contributed by atoms with Crippen molar-refractivity contribution >= 4 is 27.5 Å². The third kappa shape index (κ3) is 2.30. The average Bonchev–Trinajstić information content (AvgIpc) is 2.34. The second-order valence-corrected chi connectivity index (χ2v) is 3.19. The molecule has 0 aliphatic carbocycles. The first-order chi connectivity index (χ1) is 5.59. The number of rotatable bonds is 3. The van der Waals surface area contributed by atoms with Crippen LogP contribution in [-0.4, -0.2) is 11.6 Å². The van der Waals surface area contributed by atoms with E-state index < -0.39 is 0 Å². The molecule has 0 atom stereocenters. The van der Waals surface area contributed by atoms with Gasteiger partial charge in [0.2, 0.25) is 5.78 Å². The molecule has 64 valence electrons. The molecule has 0 saturated carbocycles. The summed E-state index contributed by atoms with van der Waals surface area (Å²) in [5.41, 5.74) is 0. The van der Waals surface area contributed by atoms with Crippen molar-refractivity contribution in [1.29, 1.82) is 0 Å². The summed E-state index contributed by atoms with van der Waals surface area (Å²) in [5.74, 6) is -0.224. The molecule has 4 heteroatoms. The van der Waals surface area contributed by atoms with Crippen LogP contribution in [0, 0.1) is 0 Å². The zero-order valence-corrected chi connectivity index (χ0v) is 8.05. The van der Waals surface area contributed by atoms with Crippen LogP contribution in [0.2, 0.25) is 0 Å². The fraction of sp³-hybridized carbons (Fsp3) is 0.250. The minimum Gasteiger partial charge on any atom is -0.446 e. The molecule has 0 bridgehead atoms. The van der Waals surface area contributed by atoms with Crippen LogP contribution in [0.15, 0.2) is 21.2 Å². The Morgan fingerprint density at radius 1 is 1.50 bits per heavy atom. The Labute approximate surface area is 77.9 Å². The summed E-state index contributed by atoms with van der Waals surface area (Å²) in [6, 6.07) is 3.16. The lowest BCUT2D eigenvalue weighted by molar-refractivity contribution is -0.116. The normalized spacial score (nSPS) is 9.83. The summed E-state index contributed by atoms with van der Waals surface area (Å²) in [4.78, 5) is 21.7. The molecule has 0 radical (unpaired) electrons. The highest BCUT2D eigenvalue weighted by molar-refractivity contribution is 9.10. The maximum absolute atomic E-state index is 11.1.